The van der Waals surface area contributed by atoms with Gasteiger partial charge in [-0.15, -0.1) is 0 Å². The lowest BCUT2D eigenvalue weighted by molar-refractivity contribution is 0.0878. The third-order valence-corrected chi connectivity index (χ3v) is 6.67. The monoisotopic (exact) mass is 472 g/mol. The molecule has 2 aromatic heterocycles. The van der Waals surface area contributed by atoms with Gasteiger partial charge >= 0.3 is 0 Å². The number of halogens is 1. The number of nitrogens with zero attached hydrogens (tertiary/aromatic N) is 4. The van der Waals surface area contributed by atoms with Crippen LogP contribution in [-0.4, -0.2) is 70.5 Å². The van der Waals surface area contributed by atoms with Gasteiger partial charge in [0.1, 0.15) is 6.33 Å². The van der Waals surface area contributed by atoms with Crippen molar-refractivity contribution in [1.82, 2.24) is 19.2 Å². The molecule has 0 bridgehead atoms. The Morgan fingerprint density at radius 2 is 1.65 bits per heavy atom. The fourth-order valence-corrected chi connectivity index (χ4v) is 4.58. The van der Waals surface area contributed by atoms with Crippen molar-refractivity contribution < 1.29 is 9.59 Å². The van der Waals surface area contributed by atoms with Gasteiger partial charge in [-0.1, -0.05) is 60.1 Å². The summed E-state index contributed by atoms with van der Waals surface area (Å²) in [4.78, 5) is 35.8. The highest BCUT2D eigenvalue weighted by atomic mass is 35.5. The molecule has 0 amide bonds. The van der Waals surface area contributed by atoms with Gasteiger partial charge in [0, 0.05) is 47.9 Å². The van der Waals surface area contributed by atoms with E-state index in [1.165, 1.54) is 0 Å². The Balaban J connectivity index is 1.58. The van der Waals surface area contributed by atoms with E-state index in [1.807, 2.05) is 48.5 Å². The first-order valence-electron chi connectivity index (χ1n) is 11.3. The zero-order valence-electron chi connectivity index (χ0n) is 18.9. The van der Waals surface area contributed by atoms with Crippen molar-refractivity contribution in [2.45, 2.75) is 0 Å². The van der Waals surface area contributed by atoms with E-state index >= 15 is 0 Å². The van der Waals surface area contributed by atoms with Crippen LogP contribution in [0.4, 0.5) is 0 Å². The lowest BCUT2D eigenvalue weighted by atomic mass is 10.1. The van der Waals surface area contributed by atoms with E-state index in [4.69, 9.17) is 11.6 Å². The molecular formula is C27H25ClN4O2. The van der Waals surface area contributed by atoms with Crippen molar-refractivity contribution >= 4 is 28.7 Å². The fraction of sp³-hybridized carbons (Fsp3) is 0.222. The molecule has 2 aromatic carbocycles. The number of likely N-dealkylation sites (N-methyl/N-ethyl adjacent to an activating group) is 1. The molecule has 1 fully saturated rings. The zero-order valence-corrected chi connectivity index (χ0v) is 19.7. The normalized spacial score (nSPS) is 15.0. The maximum Gasteiger partial charge on any atom is 0.209 e. The second kappa shape index (κ2) is 9.50. The Hall–Kier alpha value is -3.32. The van der Waals surface area contributed by atoms with Crippen LogP contribution in [0.25, 0.3) is 16.8 Å². The number of hydrogen-bond donors (Lipinski definition) is 0. The van der Waals surface area contributed by atoms with Crippen molar-refractivity contribution in [3.05, 3.63) is 94.9 Å². The summed E-state index contributed by atoms with van der Waals surface area (Å²) in [6.07, 6.45) is 1.61. The maximum absolute atomic E-state index is 13.5. The number of benzene rings is 2. The van der Waals surface area contributed by atoms with Gasteiger partial charge in [0.15, 0.2) is 5.78 Å². The second-order valence-electron chi connectivity index (χ2n) is 8.65. The number of piperazine rings is 1. The number of carbonyl (C=O) groups is 2. The molecule has 5 rings (SSSR count). The quantitative estimate of drug-likeness (QED) is 0.391. The second-order valence-corrected chi connectivity index (χ2v) is 9.06. The highest BCUT2D eigenvalue weighted by Gasteiger charge is 2.24. The minimum Gasteiger partial charge on any atom is -0.304 e. The number of Topliss-reactive ketones (excluding diaryl/α,β-unsaturated/α-hetero) is 1. The van der Waals surface area contributed by atoms with Gasteiger partial charge < -0.3 is 4.90 Å². The van der Waals surface area contributed by atoms with Crippen LogP contribution in [0.2, 0.25) is 5.02 Å². The first-order valence-corrected chi connectivity index (χ1v) is 11.7. The van der Waals surface area contributed by atoms with E-state index in [2.05, 4.69) is 21.8 Å². The summed E-state index contributed by atoms with van der Waals surface area (Å²) in [7, 11) is 2.09. The molecule has 7 heteroatoms. The first kappa shape index (κ1) is 22.5. The number of aromatic nitrogens is 2. The summed E-state index contributed by atoms with van der Waals surface area (Å²) in [6.45, 7) is 3.87. The SMILES string of the molecule is CN1CCN(CC(=O)c2cc(C(=O)c3ccccc3)n3cnc(-c4ccccc4Cl)cc23)CC1. The van der Waals surface area contributed by atoms with Crippen LogP contribution in [-0.2, 0) is 0 Å². The Labute approximate surface area is 203 Å². The number of hydrogen-bond acceptors (Lipinski definition) is 5. The molecule has 34 heavy (non-hydrogen) atoms. The van der Waals surface area contributed by atoms with Crippen molar-refractivity contribution in [1.29, 1.82) is 0 Å². The predicted molar refractivity (Wildman–Crippen MR) is 134 cm³/mol. The molecule has 0 radical (unpaired) electrons. The summed E-state index contributed by atoms with van der Waals surface area (Å²) in [5, 5.41) is 0.580. The summed E-state index contributed by atoms with van der Waals surface area (Å²) in [6, 6.07) is 20.1. The molecule has 1 saturated heterocycles. The Morgan fingerprint density at radius 1 is 0.941 bits per heavy atom. The summed E-state index contributed by atoms with van der Waals surface area (Å²) < 4.78 is 1.72. The van der Waals surface area contributed by atoms with E-state index in [1.54, 1.807) is 28.9 Å². The Morgan fingerprint density at radius 3 is 2.38 bits per heavy atom. The molecule has 0 spiro atoms. The molecule has 3 heterocycles. The standard InChI is InChI=1S/C27H25ClN4O2/c1-30-11-13-31(14-12-30)17-26(33)21-15-25(27(34)19-7-3-2-4-8-19)32-18-29-23(16-24(21)32)20-9-5-6-10-22(20)28/h2-10,15-16,18H,11-14,17H2,1H3. The lowest BCUT2D eigenvalue weighted by Gasteiger charge is -2.31. The number of rotatable bonds is 6. The lowest BCUT2D eigenvalue weighted by Crippen LogP contribution is -2.46. The van der Waals surface area contributed by atoms with Gasteiger partial charge in [0.05, 0.1) is 23.4 Å². The number of ketones is 2. The molecule has 1 aliphatic rings. The van der Waals surface area contributed by atoms with E-state index in [-0.39, 0.29) is 11.6 Å². The molecule has 4 aromatic rings. The third kappa shape index (κ3) is 4.40. The topological polar surface area (TPSA) is 57.9 Å². The molecule has 172 valence electrons. The number of fused-ring (bicyclic) bond motifs is 1. The van der Waals surface area contributed by atoms with E-state index in [0.717, 1.165) is 31.7 Å². The van der Waals surface area contributed by atoms with Crippen molar-refractivity contribution in [2.24, 2.45) is 0 Å². The number of carbonyl (C=O) groups excluding carboxylic acids is 2. The van der Waals surface area contributed by atoms with Gasteiger partial charge in [-0.3, -0.25) is 18.9 Å². The van der Waals surface area contributed by atoms with E-state index < -0.39 is 0 Å². The fourth-order valence-electron chi connectivity index (χ4n) is 4.34. The average molecular weight is 473 g/mol. The van der Waals surface area contributed by atoms with Crippen LogP contribution in [0, 0.1) is 0 Å². The largest absolute Gasteiger partial charge is 0.304 e. The highest BCUT2D eigenvalue weighted by Crippen LogP contribution is 2.29. The molecule has 0 N–H and O–H groups in total. The minimum atomic E-state index is -0.151. The van der Waals surface area contributed by atoms with Crippen LogP contribution >= 0.6 is 11.6 Å². The van der Waals surface area contributed by atoms with Crippen molar-refractivity contribution in [3.63, 3.8) is 0 Å². The Kier molecular flexibility index (Phi) is 6.28. The highest BCUT2D eigenvalue weighted by molar-refractivity contribution is 6.33. The maximum atomic E-state index is 13.5. The van der Waals surface area contributed by atoms with Crippen LogP contribution in [0.5, 0.6) is 0 Å². The van der Waals surface area contributed by atoms with Gasteiger partial charge in [-0.2, -0.15) is 0 Å². The minimum absolute atomic E-state index is 0.00882. The molecule has 1 aliphatic heterocycles. The molecule has 0 unspecified atom stereocenters. The third-order valence-electron chi connectivity index (χ3n) is 6.34. The van der Waals surface area contributed by atoms with E-state index in [0.29, 0.717) is 39.6 Å². The van der Waals surface area contributed by atoms with Crippen molar-refractivity contribution in [2.75, 3.05) is 39.8 Å². The van der Waals surface area contributed by atoms with Crippen LogP contribution in [0.15, 0.2) is 73.1 Å². The molecule has 0 aliphatic carbocycles. The smallest absolute Gasteiger partial charge is 0.209 e. The molecule has 6 nitrogen and oxygen atoms in total. The van der Waals surface area contributed by atoms with Crippen LogP contribution < -0.4 is 0 Å². The van der Waals surface area contributed by atoms with E-state index in [9.17, 15) is 9.59 Å². The molecule has 0 atom stereocenters. The van der Waals surface area contributed by atoms with Gasteiger partial charge in [0.25, 0.3) is 0 Å². The molecule has 0 saturated carbocycles. The van der Waals surface area contributed by atoms with Gasteiger partial charge in [-0.25, -0.2) is 4.98 Å². The van der Waals surface area contributed by atoms with Crippen LogP contribution in [0.1, 0.15) is 26.4 Å². The van der Waals surface area contributed by atoms with Gasteiger partial charge in [-0.05, 0) is 25.2 Å². The average Bonchev–Trinajstić information content (AvgIpc) is 3.25. The van der Waals surface area contributed by atoms with Gasteiger partial charge in [0.2, 0.25) is 5.78 Å². The Bertz CT molecular complexity index is 1360. The molecular weight excluding hydrogens is 448 g/mol. The predicted octanol–water partition coefficient (Wildman–Crippen LogP) is 4.32. The summed E-state index contributed by atoms with van der Waals surface area (Å²) >= 11 is 6.41. The summed E-state index contributed by atoms with van der Waals surface area (Å²) in [5.41, 5.74) is 3.60. The zero-order chi connectivity index (χ0) is 23.7. The van der Waals surface area contributed by atoms with Crippen LogP contribution in [0.3, 0.4) is 0 Å². The first-order chi connectivity index (χ1) is 16.5. The van der Waals surface area contributed by atoms with Crippen molar-refractivity contribution in [3.8, 4) is 11.3 Å². The summed E-state index contributed by atoms with van der Waals surface area (Å²) in [5.74, 6) is -0.160.